The van der Waals surface area contributed by atoms with Crippen LogP contribution >= 0.6 is 0 Å². The van der Waals surface area contributed by atoms with Crippen LogP contribution in [0.25, 0.3) is 0 Å². The van der Waals surface area contributed by atoms with E-state index < -0.39 is 23.2 Å². The Balaban J connectivity index is 1.34. The Morgan fingerprint density at radius 2 is 1.58 bits per heavy atom. The van der Waals surface area contributed by atoms with E-state index in [0.717, 1.165) is 17.8 Å². The van der Waals surface area contributed by atoms with Crippen molar-refractivity contribution in [2.75, 3.05) is 57.5 Å². The van der Waals surface area contributed by atoms with Gasteiger partial charge in [0.2, 0.25) is 5.91 Å². The molecule has 0 bridgehead atoms. The molecule has 3 aliphatic rings. The molecular formula is C27H29F3N4O4. The molecule has 0 aliphatic carbocycles. The zero-order chi connectivity index (χ0) is 26.9. The smallest absolute Gasteiger partial charge is 0.378 e. The fourth-order valence-electron chi connectivity index (χ4n) is 5.49. The Morgan fingerprint density at radius 3 is 2.24 bits per heavy atom. The number of anilines is 1. The van der Waals surface area contributed by atoms with Gasteiger partial charge in [0.15, 0.2) is 0 Å². The molecule has 3 heterocycles. The number of benzene rings is 2. The number of nitrogens with zero attached hydrogens (tertiary/aromatic N) is 4. The van der Waals surface area contributed by atoms with Crippen LogP contribution in [0.15, 0.2) is 54.6 Å². The van der Waals surface area contributed by atoms with Crippen molar-refractivity contribution in [1.29, 1.82) is 0 Å². The van der Waals surface area contributed by atoms with E-state index in [4.69, 9.17) is 4.74 Å². The van der Waals surface area contributed by atoms with Crippen molar-refractivity contribution in [2.45, 2.75) is 24.6 Å². The van der Waals surface area contributed by atoms with Gasteiger partial charge in [-0.15, -0.1) is 0 Å². The van der Waals surface area contributed by atoms with E-state index >= 15 is 0 Å². The second-order valence-corrected chi connectivity index (χ2v) is 9.80. The van der Waals surface area contributed by atoms with Crippen molar-refractivity contribution in [3.05, 3.63) is 65.7 Å². The first-order valence-electron chi connectivity index (χ1n) is 12.6. The van der Waals surface area contributed by atoms with Gasteiger partial charge in [-0.05, 0) is 43.2 Å². The summed E-state index contributed by atoms with van der Waals surface area (Å²) in [4.78, 5) is 46.6. The molecule has 0 atom stereocenters. The van der Waals surface area contributed by atoms with Gasteiger partial charge in [-0.1, -0.05) is 24.3 Å². The number of carbonyl (C=O) groups excluding carboxylic acids is 3. The quantitative estimate of drug-likeness (QED) is 0.608. The van der Waals surface area contributed by atoms with Crippen molar-refractivity contribution in [2.24, 2.45) is 0 Å². The third-order valence-electron chi connectivity index (χ3n) is 7.59. The van der Waals surface area contributed by atoms with E-state index in [2.05, 4.69) is 0 Å². The summed E-state index contributed by atoms with van der Waals surface area (Å²) in [6, 6.07) is 13.8. The number of para-hydroxylation sites is 1. The number of ether oxygens (including phenoxy) is 1. The second kappa shape index (κ2) is 10.3. The molecule has 0 unspecified atom stereocenters. The molecule has 2 aromatic carbocycles. The number of piperidine rings is 1. The zero-order valence-electron chi connectivity index (χ0n) is 20.8. The van der Waals surface area contributed by atoms with Crippen molar-refractivity contribution in [1.82, 2.24) is 14.7 Å². The minimum Gasteiger partial charge on any atom is -0.378 e. The highest BCUT2D eigenvalue weighted by Crippen LogP contribution is 2.40. The lowest BCUT2D eigenvalue weighted by atomic mass is 9.85. The molecule has 2 aromatic rings. The van der Waals surface area contributed by atoms with Gasteiger partial charge >= 0.3 is 6.18 Å². The van der Waals surface area contributed by atoms with Crippen LogP contribution in [0.2, 0.25) is 0 Å². The molecule has 8 nitrogen and oxygen atoms in total. The number of likely N-dealkylation sites (tertiary alicyclic amines) is 1. The summed E-state index contributed by atoms with van der Waals surface area (Å²) >= 11 is 0. The highest BCUT2D eigenvalue weighted by atomic mass is 19.4. The zero-order valence-corrected chi connectivity index (χ0v) is 20.8. The molecule has 0 saturated carbocycles. The monoisotopic (exact) mass is 530 g/mol. The second-order valence-electron chi connectivity index (χ2n) is 9.80. The van der Waals surface area contributed by atoms with Gasteiger partial charge in [0.1, 0.15) is 12.1 Å². The number of carbonyl (C=O) groups is 3. The van der Waals surface area contributed by atoms with Crippen LogP contribution in [0.5, 0.6) is 0 Å². The molecule has 11 heteroatoms. The first-order chi connectivity index (χ1) is 18.2. The van der Waals surface area contributed by atoms with Crippen LogP contribution in [-0.4, -0.2) is 90.6 Å². The fraction of sp³-hybridized carbons (Fsp3) is 0.444. The summed E-state index contributed by atoms with van der Waals surface area (Å²) in [5.74, 6) is -0.806. The fourth-order valence-corrected chi connectivity index (χ4v) is 5.49. The Hall–Kier alpha value is -3.60. The predicted molar refractivity (Wildman–Crippen MR) is 132 cm³/mol. The molecule has 3 aliphatic heterocycles. The molecule has 3 amide bonds. The van der Waals surface area contributed by atoms with Crippen molar-refractivity contribution >= 4 is 23.4 Å². The Kier molecular flexibility index (Phi) is 7.04. The van der Waals surface area contributed by atoms with Gasteiger partial charge in [-0.2, -0.15) is 13.2 Å². The maximum Gasteiger partial charge on any atom is 0.416 e. The van der Waals surface area contributed by atoms with Gasteiger partial charge < -0.3 is 24.3 Å². The largest absolute Gasteiger partial charge is 0.416 e. The minimum atomic E-state index is -4.54. The molecule has 3 saturated heterocycles. The summed E-state index contributed by atoms with van der Waals surface area (Å²) in [6.07, 6.45) is -3.95. The highest BCUT2D eigenvalue weighted by molar-refractivity contribution is 5.97. The minimum absolute atomic E-state index is 0.0360. The molecule has 38 heavy (non-hydrogen) atoms. The van der Waals surface area contributed by atoms with Gasteiger partial charge in [-0.25, -0.2) is 0 Å². The SMILES string of the molecule is O=C(CN1CN(c2ccccc2)C2(CCN(C(=O)c3cccc(C(F)(F)F)c3)CC2)C1=O)N1CCOCC1. The maximum atomic E-state index is 13.8. The van der Waals surface area contributed by atoms with E-state index in [0.29, 0.717) is 39.1 Å². The van der Waals surface area contributed by atoms with Gasteiger partial charge in [-0.3, -0.25) is 14.4 Å². The first-order valence-corrected chi connectivity index (χ1v) is 12.6. The summed E-state index contributed by atoms with van der Waals surface area (Å²) in [7, 11) is 0. The Morgan fingerprint density at radius 1 is 0.895 bits per heavy atom. The number of halogens is 3. The van der Waals surface area contributed by atoms with Crippen LogP contribution in [0, 0.1) is 0 Å². The third-order valence-corrected chi connectivity index (χ3v) is 7.59. The van der Waals surface area contributed by atoms with E-state index in [1.165, 1.54) is 17.0 Å². The number of morpholine rings is 1. The summed E-state index contributed by atoms with van der Waals surface area (Å²) < 4.78 is 44.8. The van der Waals surface area contributed by atoms with Gasteiger partial charge in [0.25, 0.3) is 11.8 Å². The number of hydrogen-bond donors (Lipinski definition) is 0. The summed E-state index contributed by atoms with van der Waals surface area (Å²) in [5, 5.41) is 0. The molecule has 202 valence electrons. The highest BCUT2D eigenvalue weighted by Gasteiger charge is 2.54. The van der Waals surface area contributed by atoms with Crippen LogP contribution in [0.3, 0.4) is 0 Å². The number of alkyl halides is 3. The third kappa shape index (κ3) is 4.94. The predicted octanol–water partition coefficient (Wildman–Crippen LogP) is 2.85. The molecule has 3 fully saturated rings. The van der Waals surface area contributed by atoms with E-state index in [9.17, 15) is 27.6 Å². The Bertz CT molecular complexity index is 1190. The first kappa shape index (κ1) is 26.0. The van der Waals surface area contributed by atoms with Crippen LogP contribution in [0.4, 0.5) is 18.9 Å². The van der Waals surface area contributed by atoms with Crippen LogP contribution in [0.1, 0.15) is 28.8 Å². The van der Waals surface area contributed by atoms with Crippen molar-refractivity contribution in [3.8, 4) is 0 Å². The van der Waals surface area contributed by atoms with Crippen molar-refractivity contribution < 1.29 is 32.3 Å². The molecule has 5 rings (SSSR count). The average molecular weight is 531 g/mol. The Labute approximate surface area is 218 Å². The van der Waals surface area contributed by atoms with E-state index in [1.54, 1.807) is 9.80 Å². The van der Waals surface area contributed by atoms with E-state index in [1.807, 2.05) is 35.2 Å². The number of hydrogen-bond acceptors (Lipinski definition) is 5. The lowest BCUT2D eigenvalue weighted by molar-refractivity contribution is -0.143. The summed E-state index contributed by atoms with van der Waals surface area (Å²) in [6.45, 7) is 2.51. The average Bonchev–Trinajstić information content (AvgIpc) is 3.19. The van der Waals surface area contributed by atoms with Crippen LogP contribution in [-0.2, 0) is 20.5 Å². The van der Waals surface area contributed by atoms with Crippen LogP contribution < -0.4 is 4.90 Å². The molecule has 0 aromatic heterocycles. The number of amides is 3. The summed E-state index contributed by atoms with van der Waals surface area (Å²) in [5.41, 5.74) is -1.03. The van der Waals surface area contributed by atoms with E-state index in [-0.39, 0.29) is 43.7 Å². The lowest BCUT2D eigenvalue weighted by Gasteiger charge is -2.43. The molecule has 0 radical (unpaired) electrons. The van der Waals surface area contributed by atoms with Gasteiger partial charge in [0, 0.05) is 37.4 Å². The number of rotatable bonds is 4. The molecule has 0 N–H and O–H groups in total. The molecule has 1 spiro atoms. The normalized spacial score (nSPS) is 19.8. The molecular weight excluding hydrogens is 501 g/mol. The van der Waals surface area contributed by atoms with Gasteiger partial charge in [0.05, 0.1) is 25.4 Å². The topological polar surface area (TPSA) is 73.4 Å². The lowest BCUT2D eigenvalue weighted by Crippen LogP contribution is -2.57. The standard InChI is InChI=1S/C27H29F3N4O4/c28-27(29,30)21-6-4-5-20(17-21)24(36)32-11-9-26(10-12-32)25(37)33(18-23(35)31-13-15-38-16-14-31)19-34(26)22-7-2-1-3-8-22/h1-8,17H,9-16,18-19H2. The van der Waals surface area contributed by atoms with Crippen molar-refractivity contribution in [3.63, 3.8) is 0 Å². The maximum absolute atomic E-state index is 13.8.